The standard InChI is InChI=1S/C22H28N2O4/c1-13(2)9-20-21(25)23-18-11-17(22(26)27-5)14(3)10-19(18)24(20)15(4)16-7-6-8-28-12-16/h9-11,13,16H,4,6-8,12H2,1-3,5H3,(H,23,25)/b20-9-. The fourth-order valence-electron chi connectivity index (χ4n) is 3.69. The van der Waals surface area contributed by atoms with E-state index in [1.807, 2.05) is 37.8 Å². The van der Waals surface area contributed by atoms with Crippen molar-refractivity contribution in [2.45, 2.75) is 33.6 Å². The molecule has 1 unspecified atom stereocenters. The number of amides is 1. The zero-order valence-corrected chi connectivity index (χ0v) is 17.0. The first-order chi connectivity index (χ1) is 13.3. The van der Waals surface area contributed by atoms with E-state index in [0.29, 0.717) is 23.6 Å². The second kappa shape index (κ2) is 8.19. The van der Waals surface area contributed by atoms with Crippen LogP contribution in [0.25, 0.3) is 0 Å². The Hall–Kier alpha value is -2.60. The van der Waals surface area contributed by atoms with E-state index in [2.05, 4.69) is 11.9 Å². The number of nitrogens with one attached hydrogen (secondary N) is 1. The molecule has 28 heavy (non-hydrogen) atoms. The molecule has 2 heterocycles. The number of benzene rings is 1. The van der Waals surface area contributed by atoms with Crippen molar-refractivity contribution in [2.24, 2.45) is 11.8 Å². The van der Waals surface area contributed by atoms with Gasteiger partial charge in [-0.05, 0) is 43.4 Å². The number of esters is 1. The maximum absolute atomic E-state index is 12.9. The molecule has 0 spiro atoms. The highest BCUT2D eigenvalue weighted by molar-refractivity contribution is 6.13. The quantitative estimate of drug-likeness (QED) is 0.627. The van der Waals surface area contributed by atoms with E-state index in [4.69, 9.17) is 9.47 Å². The third kappa shape index (κ3) is 3.83. The van der Waals surface area contributed by atoms with E-state index in [-0.39, 0.29) is 17.7 Å². The summed E-state index contributed by atoms with van der Waals surface area (Å²) in [5, 5.41) is 2.92. The molecule has 0 saturated carbocycles. The molecule has 1 N–H and O–H groups in total. The smallest absolute Gasteiger partial charge is 0.338 e. The monoisotopic (exact) mass is 384 g/mol. The number of ether oxygens (including phenoxy) is 2. The third-order valence-electron chi connectivity index (χ3n) is 5.12. The highest BCUT2D eigenvalue weighted by Crippen LogP contribution is 2.41. The summed E-state index contributed by atoms with van der Waals surface area (Å²) < 4.78 is 10.5. The van der Waals surface area contributed by atoms with Crippen molar-refractivity contribution in [2.75, 3.05) is 30.5 Å². The lowest BCUT2D eigenvalue weighted by Gasteiger charge is -2.38. The highest BCUT2D eigenvalue weighted by atomic mass is 16.5. The second-order valence-electron chi connectivity index (χ2n) is 7.67. The molecule has 1 amide bonds. The van der Waals surface area contributed by atoms with Crippen LogP contribution in [0.5, 0.6) is 0 Å². The lowest BCUT2D eigenvalue weighted by molar-refractivity contribution is -0.113. The van der Waals surface area contributed by atoms with E-state index in [0.717, 1.165) is 36.4 Å². The molecular formula is C22H28N2O4. The van der Waals surface area contributed by atoms with E-state index in [1.54, 1.807) is 6.07 Å². The van der Waals surface area contributed by atoms with Crippen LogP contribution < -0.4 is 10.2 Å². The zero-order chi connectivity index (χ0) is 20.4. The molecular weight excluding hydrogens is 356 g/mol. The predicted octanol–water partition coefficient (Wildman–Crippen LogP) is 4.02. The van der Waals surface area contributed by atoms with Crippen molar-refractivity contribution >= 4 is 23.3 Å². The molecule has 1 atom stereocenters. The van der Waals surface area contributed by atoms with Gasteiger partial charge in [0.05, 0.1) is 30.7 Å². The maximum Gasteiger partial charge on any atom is 0.338 e. The number of allylic oxidation sites excluding steroid dienone is 1. The normalized spacial score (nSPS) is 20.8. The number of methoxy groups -OCH3 is 1. The summed E-state index contributed by atoms with van der Waals surface area (Å²) in [4.78, 5) is 26.9. The third-order valence-corrected chi connectivity index (χ3v) is 5.12. The molecule has 1 fully saturated rings. The van der Waals surface area contributed by atoms with Gasteiger partial charge in [-0.3, -0.25) is 4.79 Å². The van der Waals surface area contributed by atoms with E-state index < -0.39 is 5.97 Å². The van der Waals surface area contributed by atoms with Crippen molar-refractivity contribution in [3.05, 3.63) is 47.3 Å². The molecule has 6 heteroatoms. The first kappa shape index (κ1) is 20.1. The SMILES string of the molecule is C=C(C1CCCOC1)N1/C(=C\C(C)C)C(=O)Nc2cc(C(=O)OC)c(C)cc21. The number of hydrogen-bond acceptors (Lipinski definition) is 5. The van der Waals surface area contributed by atoms with Crippen LogP contribution >= 0.6 is 0 Å². The van der Waals surface area contributed by atoms with Gasteiger partial charge in [0.15, 0.2) is 0 Å². The predicted molar refractivity (Wildman–Crippen MR) is 109 cm³/mol. The molecule has 1 aromatic carbocycles. The number of carbonyl (C=O) groups is 2. The number of hydrogen-bond donors (Lipinski definition) is 1. The average Bonchev–Trinajstić information content (AvgIpc) is 2.68. The largest absolute Gasteiger partial charge is 0.465 e. The van der Waals surface area contributed by atoms with Crippen LogP contribution in [-0.2, 0) is 14.3 Å². The van der Waals surface area contributed by atoms with Crippen molar-refractivity contribution in [1.29, 1.82) is 0 Å². The summed E-state index contributed by atoms with van der Waals surface area (Å²) in [5.41, 5.74) is 4.01. The van der Waals surface area contributed by atoms with Gasteiger partial charge in [-0.15, -0.1) is 0 Å². The number of anilines is 2. The van der Waals surface area contributed by atoms with Gasteiger partial charge < -0.3 is 19.7 Å². The van der Waals surface area contributed by atoms with Crippen LogP contribution in [-0.4, -0.2) is 32.2 Å². The summed E-state index contributed by atoms with van der Waals surface area (Å²) >= 11 is 0. The van der Waals surface area contributed by atoms with Crippen molar-refractivity contribution in [3.8, 4) is 0 Å². The number of nitrogens with zero attached hydrogens (tertiary/aromatic N) is 1. The molecule has 3 rings (SSSR count). The number of aryl methyl sites for hydroxylation is 1. The van der Waals surface area contributed by atoms with E-state index in [1.165, 1.54) is 7.11 Å². The molecule has 6 nitrogen and oxygen atoms in total. The Balaban J connectivity index is 2.12. The van der Waals surface area contributed by atoms with Crippen LogP contribution in [0.1, 0.15) is 42.6 Å². The molecule has 0 aliphatic carbocycles. The second-order valence-corrected chi connectivity index (χ2v) is 7.67. The summed E-state index contributed by atoms with van der Waals surface area (Å²) in [7, 11) is 1.35. The number of carbonyl (C=O) groups excluding carboxylic acids is 2. The molecule has 0 aromatic heterocycles. The Kier molecular flexibility index (Phi) is 5.89. The van der Waals surface area contributed by atoms with Gasteiger partial charge in [0.2, 0.25) is 0 Å². The minimum Gasteiger partial charge on any atom is -0.465 e. The molecule has 1 aromatic rings. The van der Waals surface area contributed by atoms with E-state index in [9.17, 15) is 9.59 Å². The molecule has 0 bridgehead atoms. The van der Waals surface area contributed by atoms with Crippen LogP contribution in [0.4, 0.5) is 11.4 Å². The first-order valence-electron chi connectivity index (χ1n) is 9.66. The van der Waals surface area contributed by atoms with Crippen LogP contribution in [0.3, 0.4) is 0 Å². The minimum absolute atomic E-state index is 0.142. The minimum atomic E-state index is -0.427. The summed E-state index contributed by atoms with van der Waals surface area (Å²) in [6.07, 6.45) is 3.89. The van der Waals surface area contributed by atoms with Gasteiger partial charge in [-0.1, -0.05) is 26.5 Å². The number of rotatable bonds is 4. The Morgan fingerprint density at radius 3 is 2.79 bits per heavy atom. The maximum atomic E-state index is 12.9. The summed E-state index contributed by atoms with van der Waals surface area (Å²) in [5.74, 6) is -0.304. The van der Waals surface area contributed by atoms with Crippen molar-refractivity contribution in [1.82, 2.24) is 0 Å². The molecule has 0 radical (unpaired) electrons. The lowest BCUT2D eigenvalue weighted by atomic mass is 9.95. The fraction of sp³-hybridized carbons (Fsp3) is 0.455. The topological polar surface area (TPSA) is 67.9 Å². The van der Waals surface area contributed by atoms with Crippen LogP contribution in [0.15, 0.2) is 36.2 Å². The van der Waals surface area contributed by atoms with Gasteiger partial charge in [0.1, 0.15) is 5.70 Å². The number of fused-ring (bicyclic) bond motifs is 1. The Bertz CT molecular complexity index is 835. The van der Waals surface area contributed by atoms with Crippen LogP contribution in [0.2, 0.25) is 0 Å². The summed E-state index contributed by atoms with van der Waals surface area (Å²) in [6, 6.07) is 3.59. The van der Waals surface area contributed by atoms with Gasteiger partial charge in [0.25, 0.3) is 5.91 Å². The highest BCUT2D eigenvalue weighted by Gasteiger charge is 2.34. The Labute approximate surface area is 166 Å². The van der Waals surface area contributed by atoms with E-state index >= 15 is 0 Å². The Morgan fingerprint density at radius 2 is 2.18 bits per heavy atom. The average molecular weight is 384 g/mol. The van der Waals surface area contributed by atoms with Gasteiger partial charge in [-0.25, -0.2) is 4.79 Å². The van der Waals surface area contributed by atoms with Gasteiger partial charge in [0, 0.05) is 18.2 Å². The lowest BCUT2D eigenvalue weighted by Crippen LogP contribution is -2.39. The van der Waals surface area contributed by atoms with Crippen LogP contribution in [0, 0.1) is 18.8 Å². The molecule has 2 aliphatic rings. The van der Waals surface area contributed by atoms with Crippen molar-refractivity contribution in [3.63, 3.8) is 0 Å². The Morgan fingerprint density at radius 1 is 1.43 bits per heavy atom. The van der Waals surface area contributed by atoms with Crippen molar-refractivity contribution < 1.29 is 19.1 Å². The molecule has 150 valence electrons. The zero-order valence-electron chi connectivity index (χ0n) is 17.0. The van der Waals surface area contributed by atoms with Gasteiger partial charge >= 0.3 is 5.97 Å². The summed E-state index contributed by atoms with van der Waals surface area (Å²) in [6.45, 7) is 11.6. The first-order valence-corrected chi connectivity index (χ1v) is 9.66. The fourth-order valence-corrected chi connectivity index (χ4v) is 3.69. The molecule has 2 aliphatic heterocycles. The van der Waals surface area contributed by atoms with Gasteiger partial charge in [-0.2, -0.15) is 0 Å². The molecule has 1 saturated heterocycles.